The van der Waals surface area contributed by atoms with Crippen LogP contribution in [0.4, 0.5) is 0 Å². The number of sulfone groups is 1. The van der Waals surface area contributed by atoms with E-state index in [0.29, 0.717) is 4.90 Å². The van der Waals surface area contributed by atoms with Crippen molar-refractivity contribution < 1.29 is 13.3 Å². The van der Waals surface area contributed by atoms with E-state index in [1.165, 1.54) is 0 Å². The molecule has 0 saturated heterocycles. The second-order valence-electron chi connectivity index (χ2n) is 3.85. The predicted molar refractivity (Wildman–Crippen MR) is 56.1 cm³/mol. The van der Waals surface area contributed by atoms with Crippen molar-refractivity contribution in [1.82, 2.24) is 0 Å². The number of hydrogen-bond donors (Lipinski definition) is 1. The first-order valence-corrected chi connectivity index (χ1v) is 6.35. The van der Waals surface area contributed by atoms with Gasteiger partial charge in [0.25, 0.3) is 0 Å². The molecule has 5 heteroatoms. The molecule has 0 fully saturated rings. The van der Waals surface area contributed by atoms with E-state index in [4.69, 9.17) is 5.90 Å². The second-order valence-corrected chi connectivity index (χ2v) is 5.86. The summed E-state index contributed by atoms with van der Waals surface area (Å²) in [5.41, 5.74) is 1.88. The molecule has 1 unspecified atom stereocenters. The summed E-state index contributed by atoms with van der Waals surface area (Å²) < 4.78 is 23.5. The van der Waals surface area contributed by atoms with Crippen LogP contribution >= 0.6 is 0 Å². The summed E-state index contributed by atoms with van der Waals surface area (Å²) in [7, 11) is -3.13. The minimum absolute atomic E-state index is 0.100. The fraction of sp³-hybridized carbons (Fsp3) is 0.400. The zero-order valence-corrected chi connectivity index (χ0v) is 9.25. The van der Waals surface area contributed by atoms with Crippen LogP contribution in [0.5, 0.6) is 0 Å². The standard InChI is InChI=1S/C10H13NO3S/c1-7-2-3-10-9(4-7)8(5-14-11)6-15(10,12)13/h2-4,8H,5-6,11H2,1H3. The molecule has 1 atom stereocenters. The lowest BCUT2D eigenvalue weighted by Crippen LogP contribution is -2.13. The molecule has 0 radical (unpaired) electrons. The summed E-state index contributed by atoms with van der Waals surface area (Å²) in [5.74, 6) is 4.97. The van der Waals surface area contributed by atoms with Crippen LogP contribution in [0.2, 0.25) is 0 Å². The van der Waals surface area contributed by atoms with Gasteiger partial charge in [-0.1, -0.05) is 17.7 Å². The Balaban J connectivity index is 2.53. The Hall–Kier alpha value is -0.910. The highest BCUT2D eigenvalue weighted by atomic mass is 32.2. The van der Waals surface area contributed by atoms with E-state index >= 15 is 0 Å². The van der Waals surface area contributed by atoms with Crippen molar-refractivity contribution in [2.75, 3.05) is 12.4 Å². The van der Waals surface area contributed by atoms with Crippen LogP contribution in [-0.4, -0.2) is 20.8 Å². The first kappa shape index (κ1) is 10.6. The Morgan fingerprint density at radius 1 is 1.53 bits per heavy atom. The number of rotatable bonds is 2. The van der Waals surface area contributed by atoms with Gasteiger partial charge in [-0.3, -0.25) is 0 Å². The summed E-state index contributed by atoms with van der Waals surface area (Å²) in [6.07, 6.45) is 0. The monoisotopic (exact) mass is 227 g/mol. The first-order valence-electron chi connectivity index (χ1n) is 4.69. The van der Waals surface area contributed by atoms with Gasteiger partial charge >= 0.3 is 0 Å². The summed E-state index contributed by atoms with van der Waals surface area (Å²) >= 11 is 0. The molecule has 4 nitrogen and oxygen atoms in total. The molecule has 1 aromatic carbocycles. The van der Waals surface area contributed by atoms with E-state index in [1.807, 2.05) is 19.1 Å². The van der Waals surface area contributed by atoms with Gasteiger partial charge in [0.05, 0.1) is 17.3 Å². The molecule has 0 aromatic heterocycles. The normalized spacial score (nSPS) is 22.7. The van der Waals surface area contributed by atoms with Gasteiger partial charge in [0, 0.05) is 5.92 Å². The number of fused-ring (bicyclic) bond motifs is 1. The molecule has 2 N–H and O–H groups in total. The van der Waals surface area contributed by atoms with E-state index in [1.54, 1.807) is 6.07 Å². The quantitative estimate of drug-likeness (QED) is 0.757. The largest absolute Gasteiger partial charge is 0.304 e. The molecule has 0 amide bonds. The summed E-state index contributed by atoms with van der Waals surface area (Å²) in [6.45, 7) is 2.18. The van der Waals surface area contributed by atoms with Gasteiger partial charge in [-0.25, -0.2) is 14.3 Å². The maximum absolute atomic E-state index is 11.8. The van der Waals surface area contributed by atoms with Crippen LogP contribution < -0.4 is 5.90 Å². The average Bonchev–Trinajstić information content (AvgIpc) is 2.39. The highest BCUT2D eigenvalue weighted by Gasteiger charge is 2.34. The van der Waals surface area contributed by atoms with E-state index in [0.717, 1.165) is 11.1 Å². The highest BCUT2D eigenvalue weighted by Crippen LogP contribution is 2.35. The van der Waals surface area contributed by atoms with Crippen LogP contribution in [0.25, 0.3) is 0 Å². The molecule has 1 aliphatic heterocycles. The average molecular weight is 227 g/mol. The minimum atomic E-state index is -3.13. The van der Waals surface area contributed by atoms with Crippen LogP contribution in [0, 0.1) is 6.92 Å². The third-order valence-corrected chi connectivity index (χ3v) is 4.54. The van der Waals surface area contributed by atoms with E-state index < -0.39 is 9.84 Å². The fourth-order valence-electron chi connectivity index (χ4n) is 1.97. The minimum Gasteiger partial charge on any atom is -0.304 e. The van der Waals surface area contributed by atoms with E-state index in [2.05, 4.69) is 4.84 Å². The topological polar surface area (TPSA) is 69.4 Å². The number of hydrogen-bond acceptors (Lipinski definition) is 4. The van der Waals surface area contributed by atoms with Gasteiger partial charge in [-0.05, 0) is 18.6 Å². The van der Waals surface area contributed by atoms with Crippen molar-refractivity contribution in [3.63, 3.8) is 0 Å². The zero-order valence-electron chi connectivity index (χ0n) is 8.43. The van der Waals surface area contributed by atoms with Crippen LogP contribution in [0.15, 0.2) is 23.1 Å². The van der Waals surface area contributed by atoms with Gasteiger partial charge in [-0.15, -0.1) is 0 Å². The van der Waals surface area contributed by atoms with Crippen molar-refractivity contribution in [3.8, 4) is 0 Å². The molecule has 82 valence electrons. The van der Waals surface area contributed by atoms with Crippen LogP contribution in [-0.2, 0) is 14.7 Å². The van der Waals surface area contributed by atoms with Gasteiger partial charge in [0.1, 0.15) is 0 Å². The lowest BCUT2D eigenvalue weighted by Gasteiger charge is -2.07. The van der Waals surface area contributed by atoms with Crippen molar-refractivity contribution in [2.45, 2.75) is 17.7 Å². The van der Waals surface area contributed by atoms with Crippen molar-refractivity contribution in [2.24, 2.45) is 5.90 Å². The zero-order chi connectivity index (χ0) is 11.1. The molecule has 1 heterocycles. The summed E-state index contributed by atoms with van der Waals surface area (Å²) in [6, 6.07) is 5.36. The van der Waals surface area contributed by atoms with Crippen LogP contribution in [0.3, 0.4) is 0 Å². The Bertz CT molecular complexity index is 481. The van der Waals surface area contributed by atoms with Crippen molar-refractivity contribution in [1.29, 1.82) is 0 Å². The molecule has 1 aromatic rings. The lowest BCUT2D eigenvalue weighted by molar-refractivity contribution is 0.127. The van der Waals surface area contributed by atoms with Gasteiger partial charge < -0.3 is 4.84 Å². The molecular weight excluding hydrogens is 214 g/mol. The number of aryl methyl sites for hydroxylation is 1. The molecule has 0 aliphatic carbocycles. The van der Waals surface area contributed by atoms with Crippen molar-refractivity contribution >= 4 is 9.84 Å². The van der Waals surface area contributed by atoms with Crippen molar-refractivity contribution in [3.05, 3.63) is 29.3 Å². The Labute approximate surface area is 88.9 Å². The van der Waals surface area contributed by atoms with E-state index in [-0.39, 0.29) is 18.3 Å². The smallest absolute Gasteiger partial charge is 0.179 e. The van der Waals surface area contributed by atoms with Gasteiger partial charge in [-0.2, -0.15) is 0 Å². The van der Waals surface area contributed by atoms with Gasteiger partial charge in [0.15, 0.2) is 9.84 Å². The van der Waals surface area contributed by atoms with Gasteiger partial charge in [0.2, 0.25) is 0 Å². The number of benzene rings is 1. The number of nitrogens with two attached hydrogens (primary N) is 1. The third-order valence-electron chi connectivity index (χ3n) is 2.66. The Morgan fingerprint density at radius 3 is 2.93 bits per heavy atom. The molecule has 0 bridgehead atoms. The van der Waals surface area contributed by atoms with E-state index in [9.17, 15) is 8.42 Å². The molecule has 0 saturated carbocycles. The highest BCUT2D eigenvalue weighted by molar-refractivity contribution is 7.91. The maximum Gasteiger partial charge on any atom is 0.179 e. The second kappa shape index (κ2) is 3.59. The maximum atomic E-state index is 11.8. The molecule has 0 spiro atoms. The van der Waals surface area contributed by atoms with Crippen LogP contribution in [0.1, 0.15) is 17.0 Å². The fourth-order valence-corrected chi connectivity index (χ4v) is 3.81. The lowest BCUT2D eigenvalue weighted by atomic mass is 10.0. The predicted octanol–water partition coefficient (Wildman–Crippen LogP) is 0.756. The third kappa shape index (κ3) is 1.78. The molecule has 15 heavy (non-hydrogen) atoms. The summed E-state index contributed by atoms with van der Waals surface area (Å²) in [4.78, 5) is 4.98. The Morgan fingerprint density at radius 2 is 2.27 bits per heavy atom. The molecular formula is C10H13NO3S. The summed E-state index contributed by atoms with van der Waals surface area (Å²) in [5, 5.41) is 0. The first-order chi connectivity index (χ1) is 7.04. The Kier molecular flexibility index (Phi) is 2.54. The SMILES string of the molecule is Cc1ccc2c(c1)C(CON)CS2(=O)=O. The molecule has 1 aliphatic rings. The molecule has 2 rings (SSSR count).